The smallest absolute Gasteiger partial charge is 0.00565 e. The topological polar surface area (TPSA) is 0 Å². The van der Waals surface area contributed by atoms with Crippen LogP contribution in [0.25, 0.3) is 0 Å². The molecule has 0 aromatic carbocycles. The summed E-state index contributed by atoms with van der Waals surface area (Å²) in [4.78, 5) is 0. The van der Waals surface area contributed by atoms with E-state index in [1.165, 1.54) is 64.2 Å². The van der Waals surface area contributed by atoms with Crippen molar-refractivity contribution in [2.24, 2.45) is 56.7 Å². The average molecular weight is 411 g/mol. The van der Waals surface area contributed by atoms with Crippen molar-refractivity contribution in [1.82, 2.24) is 0 Å². The molecule has 0 spiro atoms. The van der Waals surface area contributed by atoms with Gasteiger partial charge in [0.05, 0.1) is 0 Å². The SMILES string of the molecule is CC(C)C1CC[C@H]2C3=CCC4[C@@]5(C)CCCC(C)(C)C5CC[C@@]4(C)C3(C)CCC12C. The highest BCUT2D eigenvalue weighted by molar-refractivity contribution is 5.33. The minimum Gasteiger partial charge on any atom is -0.0841 e. The van der Waals surface area contributed by atoms with Crippen molar-refractivity contribution >= 4 is 0 Å². The first-order valence-corrected chi connectivity index (χ1v) is 13.6. The van der Waals surface area contributed by atoms with Crippen molar-refractivity contribution < 1.29 is 0 Å². The lowest BCUT2D eigenvalue weighted by molar-refractivity contribution is -0.176. The van der Waals surface area contributed by atoms with Crippen LogP contribution in [-0.4, -0.2) is 0 Å². The molecule has 4 fully saturated rings. The van der Waals surface area contributed by atoms with E-state index in [2.05, 4.69) is 61.5 Å². The first-order valence-electron chi connectivity index (χ1n) is 13.6. The minimum absolute atomic E-state index is 0.446. The van der Waals surface area contributed by atoms with Crippen molar-refractivity contribution in [1.29, 1.82) is 0 Å². The summed E-state index contributed by atoms with van der Waals surface area (Å²) in [5.41, 5.74) is 4.55. The summed E-state index contributed by atoms with van der Waals surface area (Å²) in [5, 5.41) is 0. The summed E-state index contributed by atoms with van der Waals surface area (Å²) in [6.07, 6.45) is 17.4. The van der Waals surface area contributed by atoms with E-state index in [0.29, 0.717) is 27.1 Å². The lowest BCUT2D eigenvalue weighted by atomic mass is 9.34. The first kappa shape index (κ1) is 21.6. The Kier molecular flexibility index (Phi) is 4.61. The highest BCUT2D eigenvalue weighted by atomic mass is 14.7. The van der Waals surface area contributed by atoms with Gasteiger partial charge in [-0.05, 0) is 114 Å². The quantitative estimate of drug-likeness (QED) is 0.378. The molecule has 30 heavy (non-hydrogen) atoms. The Morgan fingerprint density at radius 2 is 1.50 bits per heavy atom. The molecule has 5 rings (SSSR count). The van der Waals surface area contributed by atoms with E-state index >= 15 is 0 Å². The second kappa shape index (κ2) is 6.41. The van der Waals surface area contributed by atoms with Crippen molar-refractivity contribution in [3.05, 3.63) is 11.6 Å². The molecule has 0 amide bonds. The Labute approximate surface area is 188 Å². The maximum atomic E-state index is 2.85. The van der Waals surface area contributed by atoms with Crippen molar-refractivity contribution in [2.45, 2.75) is 120 Å². The number of rotatable bonds is 1. The lowest BCUT2D eigenvalue weighted by Crippen LogP contribution is -2.62. The van der Waals surface area contributed by atoms with Crippen LogP contribution in [0.4, 0.5) is 0 Å². The summed E-state index contributed by atoms with van der Waals surface area (Å²) in [7, 11) is 0. The molecule has 0 N–H and O–H groups in total. The second-order valence-electron chi connectivity index (χ2n) is 14.6. The minimum atomic E-state index is 0.446. The van der Waals surface area contributed by atoms with Gasteiger partial charge in [0.2, 0.25) is 0 Å². The average Bonchev–Trinajstić information content (AvgIpc) is 2.99. The van der Waals surface area contributed by atoms with Crippen LogP contribution >= 0.6 is 0 Å². The monoisotopic (exact) mass is 410 g/mol. The Balaban J connectivity index is 1.56. The van der Waals surface area contributed by atoms with Gasteiger partial charge in [0.15, 0.2) is 0 Å². The Morgan fingerprint density at radius 3 is 2.20 bits per heavy atom. The molecule has 0 heterocycles. The molecule has 5 aliphatic carbocycles. The zero-order valence-corrected chi connectivity index (χ0v) is 21.5. The van der Waals surface area contributed by atoms with Crippen LogP contribution in [0.2, 0.25) is 0 Å². The number of allylic oxidation sites excluding steroid dienone is 2. The van der Waals surface area contributed by atoms with Crippen LogP contribution in [0.5, 0.6) is 0 Å². The van der Waals surface area contributed by atoms with Gasteiger partial charge in [0.25, 0.3) is 0 Å². The fourth-order valence-electron chi connectivity index (χ4n) is 11.3. The molecule has 5 unspecified atom stereocenters. The standard InChI is InChI=1S/C30H50/c1-20(2)21-10-11-22-23-12-13-25-28(6)16-9-15-26(3,4)24(28)14-17-30(25,8)29(23,7)19-18-27(21,22)5/h12,20-22,24-25H,9-11,13-19H2,1-8H3/t21?,22-,24?,25?,27?,28-,29?,30+/m0/s1. The number of fused-ring (bicyclic) bond motifs is 7. The molecule has 0 saturated heterocycles. The molecular weight excluding hydrogens is 360 g/mol. The van der Waals surface area contributed by atoms with Crippen LogP contribution in [0.1, 0.15) is 120 Å². The van der Waals surface area contributed by atoms with Crippen LogP contribution in [-0.2, 0) is 0 Å². The van der Waals surface area contributed by atoms with Crippen molar-refractivity contribution in [3.8, 4) is 0 Å². The normalized spacial score (nSPS) is 54.6. The van der Waals surface area contributed by atoms with Gasteiger partial charge in [-0.25, -0.2) is 0 Å². The molecule has 0 bridgehead atoms. The lowest BCUT2D eigenvalue weighted by Gasteiger charge is -2.70. The highest BCUT2D eigenvalue weighted by Crippen LogP contribution is 2.76. The summed E-state index contributed by atoms with van der Waals surface area (Å²) < 4.78 is 0. The highest BCUT2D eigenvalue weighted by Gasteiger charge is 2.67. The van der Waals surface area contributed by atoms with Crippen molar-refractivity contribution in [2.75, 3.05) is 0 Å². The van der Waals surface area contributed by atoms with E-state index in [9.17, 15) is 0 Å². The summed E-state index contributed by atoms with van der Waals surface area (Å²) in [5.74, 6) is 4.47. The number of hydrogen-bond donors (Lipinski definition) is 0. The molecule has 0 nitrogen and oxygen atoms in total. The summed E-state index contributed by atoms with van der Waals surface area (Å²) in [6.45, 7) is 21.1. The summed E-state index contributed by atoms with van der Waals surface area (Å²) in [6, 6.07) is 0. The molecule has 0 radical (unpaired) electrons. The van der Waals surface area contributed by atoms with E-state index in [1.54, 1.807) is 0 Å². The fraction of sp³-hybridized carbons (Fsp3) is 0.933. The van der Waals surface area contributed by atoms with Gasteiger partial charge in [-0.1, -0.05) is 73.5 Å². The molecule has 0 aliphatic heterocycles. The van der Waals surface area contributed by atoms with Gasteiger partial charge in [-0.3, -0.25) is 0 Å². The van der Waals surface area contributed by atoms with E-state index in [1.807, 2.05) is 5.57 Å². The van der Waals surface area contributed by atoms with Crippen molar-refractivity contribution in [3.63, 3.8) is 0 Å². The van der Waals surface area contributed by atoms with Gasteiger partial charge < -0.3 is 0 Å². The molecule has 170 valence electrons. The van der Waals surface area contributed by atoms with Gasteiger partial charge in [0.1, 0.15) is 0 Å². The number of hydrogen-bond acceptors (Lipinski definition) is 0. The van der Waals surface area contributed by atoms with Crippen LogP contribution in [0.3, 0.4) is 0 Å². The van der Waals surface area contributed by atoms with Gasteiger partial charge in [-0.15, -0.1) is 0 Å². The molecule has 0 heteroatoms. The molecule has 4 saturated carbocycles. The molecule has 8 atom stereocenters. The van der Waals surface area contributed by atoms with Gasteiger partial charge in [0, 0.05) is 0 Å². The van der Waals surface area contributed by atoms with E-state index in [4.69, 9.17) is 0 Å². The van der Waals surface area contributed by atoms with E-state index < -0.39 is 0 Å². The molecule has 0 aromatic heterocycles. The van der Waals surface area contributed by atoms with E-state index in [0.717, 1.165) is 29.6 Å². The van der Waals surface area contributed by atoms with Crippen LogP contribution in [0, 0.1) is 56.7 Å². The second-order valence-corrected chi connectivity index (χ2v) is 14.6. The summed E-state index contributed by atoms with van der Waals surface area (Å²) >= 11 is 0. The predicted molar refractivity (Wildman–Crippen MR) is 129 cm³/mol. The van der Waals surface area contributed by atoms with Crippen LogP contribution in [0.15, 0.2) is 11.6 Å². The largest absolute Gasteiger partial charge is 0.0841 e. The predicted octanol–water partition coefficient (Wildman–Crippen LogP) is 9.05. The van der Waals surface area contributed by atoms with Crippen LogP contribution < -0.4 is 0 Å². The fourth-order valence-corrected chi connectivity index (χ4v) is 11.3. The van der Waals surface area contributed by atoms with Gasteiger partial charge >= 0.3 is 0 Å². The maximum absolute atomic E-state index is 2.85. The van der Waals surface area contributed by atoms with Gasteiger partial charge in [-0.2, -0.15) is 0 Å². The van der Waals surface area contributed by atoms with E-state index in [-0.39, 0.29) is 0 Å². The third-order valence-corrected chi connectivity index (χ3v) is 13.0. The third-order valence-electron chi connectivity index (χ3n) is 13.0. The Bertz CT molecular complexity index is 741. The third kappa shape index (κ3) is 2.46. The molecule has 0 aromatic rings. The zero-order chi connectivity index (χ0) is 21.7. The Hall–Kier alpha value is -0.260. The maximum Gasteiger partial charge on any atom is -0.00565 e. The first-order chi connectivity index (χ1) is 13.9. The Morgan fingerprint density at radius 1 is 0.767 bits per heavy atom. The molecular formula is C30H50. The molecule has 5 aliphatic rings. The zero-order valence-electron chi connectivity index (χ0n) is 21.5.